The van der Waals surface area contributed by atoms with Gasteiger partial charge in [0.1, 0.15) is 0 Å². The summed E-state index contributed by atoms with van der Waals surface area (Å²) in [6, 6.07) is 52.4. The molecule has 0 heterocycles. The Kier molecular flexibility index (Phi) is 6.46. The molecular formula is C38H30. The number of hydrogen-bond acceptors (Lipinski definition) is 0. The van der Waals surface area contributed by atoms with Crippen molar-refractivity contribution in [1.29, 1.82) is 0 Å². The summed E-state index contributed by atoms with van der Waals surface area (Å²) in [6.07, 6.45) is 0. The van der Waals surface area contributed by atoms with E-state index in [4.69, 9.17) is 0 Å². The molecule has 6 aromatic carbocycles. The zero-order valence-electron chi connectivity index (χ0n) is 21.9. The average Bonchev–Trinajstić information content (AvgIpc) is 2.99. The van der Waals surface area contributed by atoms with E-state index in [9.17, 15) is 0 Å². The second-order valence-corrected chi connectivity index (χ2v) is 9.86. The van der Waals surface area contributed by atoms with Crippen molar-refractivity contribution in [2.24, 2.45) is 0 Å². The van der Waals surface area contributed by atoms with Gasteiger partial charge in [-0.3, -0.25) is 0 Å². The minimum absolute atomic E-state index is 1.22. The topological polar surface area (TPSA) is 0 Å². The molecule has 0 atom stereocenters. The second kappa shape index (κ2) is 10.4. The van der Waals surface area contributed by atoms with Crippen LogP contribution in [0.2, 0.25) is 0 Å². The van der Waals surface area contributed by atoms with E-state index in [1.165, 1.54) is 66.8 Å². The van der Waals surface area contributed by atoms with Gasteiger partial charge >= 0.3 is 0 Å². The van der Waals surface area contributed by atoms with Gasteiger partial charge in [-0.15, -0.1) is 0 Å². The molecule has 6 aromatic rings. The molecular weight excluding hydrogens is 456 g/mol. The van der Waals surface area contributed by atoms with Crippen molar-refractivity contribution in [2.45, 2.75) is 13.8 Å². The Morgan fingerprint density at radius 3 is 0.684 bits per heavy atom. The zero-order valence-corrected chi connectivity index (χ0v) is 21.9. The average molecular weight is 487 g/mol. The van der Waals surface area contributed by atoms with Crippen molar-refractivity contribution < 1.29 is 0 Å². The lowest BCUT2D eigenvalue weighted by Crippen LogP contribution is -1.94. The highest BCUT2D eigenvalue weighted by Crippen LogP contribution is 2.41. The smallest absolute Gasteiger partial charge is 0.0142 e. The van der Waals surface area contributed by atoms with E-state index in [2.05, 4.69) is 159 Å². The van der Waals surface area contributed by atoms with Crippen molar-refractivity contribution in [1.82, 2.24) is 0 Å². The molecule has 0 spiro atoms. The lowest BCUT2D eigenvalue weighted by molar-refractivity contribution is 1.42. The molecule has 0 fully saturated rings. The fourth-order valence-electron chi connectivity index (χ4n) is 5.43. The summed E-state index contributed by atoms with van der Waals surface area (Å²) < 4.78 is 0. The Hall–Kier alpha value is -4.68. The number of hydrogen-bond donors (Lipinski definition) is 0. The predicted octanol–water partition coefficient (Wildman–Crippen LogP) is 10.6. The Bertz CT molecular complexity index is 1430. The molecule has 0 heteroatoms. The van der Waals surface area contributed by atoms with Gasteiger partial charge in [-0.1, -0.05) is 121 Å². The molecule has 0 unspecified atom stereocenters. The molecule has 0 aromatic heterocycles. The van der Waals surface area contributed by atoms with Crippen LogP contribution in [0.1, 0.15) is 11.1 Å². The van der Waals surface area contributed by atoms with Crippen molar-refractivity contribution in [2.75, 3.05) is 0 Å². The Morgan fingerprint density at radius 1 is 0.263 bits per heavy atom. The van der Waals surface area contributed by atoms with Crippen LogP contribution < -0.4 is 0 Å². The summed E-state index contributed by atoms with van der Waals surface area (Å²) in [5.74, 6) is 0. The van der Waals surface area contributed by atoms with Crippen LogP contribution in [0.3, 0.4) is 0 Å². The van der Waals surface area contributed by atoms with E-state index in [0.717, 1.165) is 0 Å². The van der Waals surface area contributed by atoms with E-state index in [-0.39, 0.29) is 0 Å². The fourth-order valence-corrected chi connectivity index (χ4v) is 5.43. The molecule has 0 nitrogen and oxygen atoms in total. The first-order valence-corrected chi connectivity index (χ1v) is 13.2. The summed E-state index contributed by atoms with van der Waals surface area (Å²) >= 11 is 0. The van der Waals surface area contributed by atoms with Crippen LogP contribution in [0.5, 0.6) is 0 Å². The lowest BCUT2D eigenvalue weighted by Gasteiger charge is -2.19. The van der Waals surface area contributed by atoms with E-state index in [1.807, 2.05) is 0 Å². The highest BCUT2D eigenvalue weighted by molar-refractivity contribution is 5.89. The molecule has 0 aliphatic heterocycles. The monoisotopic (exact) mass is 486 g/mol. The van der Waals surface area contributed by atoms with E-state index in [0.29, 0.717) is 0 Å². The van der Waals surface area contributed by atoms with Crippen LogP contribution >= 0.6 is 0 Å². The SMILES string of the molecule is Cc1c(-c2ccccc2)cc(-c2cc(-c3ccccc3)c(C)c(-c3ccccc3)c2)cc1-c1ccccc1. The highest BCUT2D eigenvalue weighted by atomic mass is 14.2. The molecule has 182 valence electrons. The maximum Gasteiger partial charge on any atom is -0.0142 e. The summed E-state index contributed by atoms with van der Waals surface area (Å²) in [5.41, 5.74) is 15.1. The third-order valence-corrected chi connectivity index (χ3v) is 7.49. The van der Waals surface area contributed by atoms with Crippen molar-refractivity contribution >= 4 is 0 Å². The van der Waals surface area contributed by atoms with Crippen LogP contribution in [0.4, 0.5) is 0 Å². The molecule has 0 radical (unpaired) electrons. The molecule has 0 bridgehead atoms. The van der Waals surface area contributed by atoms with Gasteiger partial charge in [0.2, 0.25) is 0 Å². The summed E-state index contributed by atoms with van der Waals surface area (Å²) in [4.78, 5) is 0. The Labute approximate surface area is 225 Å². The van der Waals surface area contributed by atoms with Crippen LogP contribution in [0.25, 0.3) is 55.6 Å². The van der Waals surface area contributed by atoms with E-state index < -0.39 is 0 Å². The first kappa shape index (κ1) is 23.7. The minimum Gasteiger partial charge on any atom is -0.0622 e. The van der Waals surface area contributed by atoms with Crippen LogP contribution in [-0.4, -0.2) is 0 Å². The molecule has 0 saturated carbocycles. The van der Waals surface area contributed by atoms with Crippen LogP contribution in [0.15, 0.2) is 146 Å². The van der Waals surface area contributed by atoms with E-state index >= 15 is 0 Å². The number of benzene rings is 6. The maximum absolute atomic E-state index is 2.37. The molecule has 0 saturated heterocycles. The van der Waals surface area contributed by atoms with Gasteiger partial charge in [0.15, 0.2) is 0 Å². The molecule has 0 amide bonds. The van der Waals surface area contributed by atoms with Gasteiger partial charge < -0.3 is 0 Å². The normalized spacial score (nSPS) is 10.9. The van der Waals surface area contributed by atoms with Gasteiger partial charge in [-0.05, 0) is 105 Å². The fraction of sp³-hybridized carbons (Fsp3) is 0.0526. The summed E-state index contributed by atoms with van der Waals surface area (Å²) in [7, 11) is 0. The van der Waals surface area contributed by atoms with Gasteiger partial charge in [0, 0.05) is 0 Å². The summed E-state index contributed by atoms with van der Waals surface area (Å²) in [5, 5.41) is 0. The molecule has 0 N–H and O–H groups in total. The van der Waals surface area contributed by atoms with Crippen molar-refractivity contribution in [3.8, 4) is 55.6 Å². The van der Waals surface area contributed by atoms with Crippen LogP contribution in [0, 0.1) is 13.8 Å². The third-order valence-electron chi connectivity index (χ3n) is 7.49. The Balaban J connectivity index is 1.64. The van der Waals surface area contributed by atoms with E-state index in [1.54, 1.807) is 0 Å². The van der Waals surface area contributed by atoms with Crippen LogP contribution in [-0.2, 0) is 0 Å². The van der Waals surface area contributed by atoms with Gasteiger partial charge in [-0.2, -0.15) is 0 Å². The zero-order chi connectivity index (χ0) is 25.9. The summed E-state index contributed by atoms with van der Waals surface area (Å²) in [6.45, 7) is 4.49. The van der Waals surface area contributed by atoms with Gasteiger partial charge in [0.25, 0.3) is 0 Å². The maximum atomic E-state index is 2.37. The standard InChI is InChI=1S/C38H30/c1-27-35(29-15-7-3-8-16-29)23-33(24-36(27)30-17-9-4-10-18-30)34-25-37(31-19-11-5-12-20-31)28(2)38(26-34)32-21-13-6-14-22-32/h3-26H,1-2H3. The third kappa shape index (κ3) is 4.58. The molecule has 0 aliphatic carbocycles. The van der Waals surface area contributed by atoms with Gasteiger partial charge in [-0.25, -0.2) is 0 Å². The molecule has 6 rings (SSSR count). The first-order chi connectivity index (χ1) is 18.7. The lowest BCUT2D eigenvalue weighted by atomic mass is 9.85. The number of rotatable bonds is 5. The molecule has 38 heavy (non-hydrogen) atoms. The van der Waals surface area contributed by atoms with Crippen molar-refractivity contribution in [3.63, 3.8) is 0 Å². The first-order valence-electron chi connectivity index (χ1n) is 13.2. The van der Waals surface area contributed by atoms with Gasteiger partial charge in [0.05, 0.1) is 0 Å². The second-order valence-electron chi connectivity index (χ2n) is 9.86. The minimum atomic E-state index is 1.22. The van der Waals surface area contributed by atoms with Crippen molar-refractivity contribution in [3.05, 3.63) is 157 Å². The Morgan fingerprint density at radius 2 is 0.474 bits per heavy atom. The highest BCUT2D eigenvalue weighted by Gasteiger charge is 2.16. The molecule has 0 aliphatic rings. The quantitative estimate of drug-likeness (QED) is 0.227. The largest absolute Gasteiger partial charge is 0.0622 e. The predicted molar refractivity (Wildman–Crippen MR) is 163 cm³/mol.